The fourth-order valence-corrected chi connectivity index (χ4v) is 5.47. The van der Waals surface area contributed by atoms with Crippen molar-refractivity contribution in [3.8, 4) is 22.5 Å². The van der Waals surface area contributed by atoms with E-state index >= 15 is 0 Å². The van der Waals surface area contributed by atoms with Gasteiger partial charge in [0.15, 0.2) is 5.65 Å². The molecule has 0 fully saturated rings. The molecule has 0 aliphatic carbocycles. The fraction of sp³-hybridized carbons (Fsp3) is 0.200. The van der Waals surface area contributed by atoms with E-state index in [-0.39, 0.29) is 11.4 Å². The second-order valence-corrected chi connectivity index (χ2v) is 11.2. The molecule has 0 bridgehead atoms. The molecule has 5 rings (SSSR count). The van der Waals surface area contributed by atoms with Gasteiger partial charge in [0.1, 0.15) is 0 Å². The molecular weight excluding hydrogens is 524 g/mol. The molecule has 9 nitrogen and oxygen atoms in total. The Balaban J connectivity index is 1.29. The maximum absolute atomic E-state index is 12.4. The van der Waals surface area contributed by atoms with E-state index in [1.54, 1.807) is 24.5 Å². The van der Waals surface area contributed by atoms with Crippen molar-refractivity contribution < 1.29 is 13.2 Å². The summed E-state index contributed by atoms with van der Waals surface area (Å²) in [5.41, 5.74) is 8.47. The van der Waals surface area contributed by atoms with E-state index in [2.05, 4.69) is 26.3 Å². The van der Waals surface area contributed by atoms with Gasteiger partial charge in [-0.2, -0.15) is 0 Å². The van der Waals surface area contributed by atoms with Crippen molar-refractivity contribution in [2.45, 2.75) is 38.5 Å². The van der Waals surface area contributed by atoms with Crippen LogP contribution in [0.2, 0.25) is 0 Å². The second-order valence-electron chi connectivity index (χ2n) is 9.52. The molecule has 40 heavy (non-hydrogen) atoms. The fourth-order valence-electron chi connectivity index (χ4n) is 4.54. The quantitative estimate of drug-likeness (QED) is 0.283. The van der Waals surface area contributed by atoms with Crippen LogP contribution in [0.5, 0.6) is 0 Å². The van der Waals surface area contributed by atoms with Crippen LogP contribution in [0.4, 0.5) is 4.79 Å². The lowest BCUT2D eigenvalue weighted by atomic mass is 10.0. The first-order valence-corrected chi connectivity index (χ1v) is 14.5. The van der Waals surface area contributed by atoms with Gasteiger partial charge in [-0.15, -0.1) is 0 Å². The molecule has 0 aliphatic rings. The number of aryl methyl sites for hydroxylation is 3. The third-order valence-electron chi connectivity index (χ3n) is 6.64. The lowest BCUT2D eigenvalue weighted by molar-refractivity contribution is 0.246. The Morgan fingerprint density at radius 3 is 2.27 bits per heavy atom. The van der Waals surface area contributed by atoms with E-state index in [0.717, 1.165) is 57.1 Å². The zero-order chi connectivity index (χ0) is 28.3. The van der Waals surface area contributed by atoms with Crippen molar-refractivity contribution in [1.29, 1.82) is 0 Å². The Morgan fingerprint density at radius 1 is 0.900 bits per heavy atom. The summed E-state index contributed by atoms with van der Waals surface area (Å²) in [6.45, 7) is 6.20. The molecule has 2 aromatic carbocycles. The Bertz CT molecular complexity index is 1770. The number of urea groups is 1. The van der Waals surface area contributed by atoms with Gasteiger partial charge in [-0.3, -0.25) is 9.38 Å². The molecular formula is C30H30N6O3S. The third kappa shape index (κ3) is 5.72. The number of amides is 2. The molecule has 0 saturated heterocycles. The van der Waals surface area contributed by atoms with E-state index < -0.39 is 16.1 Å². The molecule has 0 saturated carbocycles. The summed E-state index contributed by atoms with van der Waals surface area (Å²) in [5.74, 6) is 0. The van der Waals surface area contributed by atoms with Gasteiger partial charge in [0.25, 0.3) is 10.0 Å². The van der Waals surface area contributed by atoms with Crippen LogP contribution < -0.4 is 10.0 Å². The molecule has 0 aliphatic heterocycles. The summed E-state index contributed by atoms with van der Waals surface area (Å²) < 4.78 is 29.0. The average Bonchev–Trinajstić information content (AvgIpc) is 3.33. The highest BCUT2D eigenvalue weighted by molar-refractivity contribution is 7.90. The van der Waals surface area contributed by atoms with Crippen LogP contribution in [0.1, 0.15) is 29.4 Å². The number of pyridine rings is 1. The number of fused-ring (bicyclic) bond motifs is 1. The van der Waals surface area contributed by atoms with Crippen molar-refractivity contribution in [1.82, 2.24) is 29.4 Å². The second kappa shape index (κ2) is 11.3. The van der Waals surface area contributed by atoms with Gasteiger partial charge in [0.05, 0.1) is 27.7 Å². The van der Waals surface area contributed by atoms with E-state index in [9.17, 15) is 13.2 Å². The minimum Gasteiger partial charge on any atom is -0.337 e. The molecule has 5 aromatic rings. The first-order chi connectivity index (χ1) is 19.2. The summed E-state index contributed by atoms with van der Waals surface area (Å²) in [6, 6.07) is 17.5. The smallest absolute Gasteiger partial charge is 0.328 e. The highest BCUT2D eigenvalue weighted by Gasteiger charge is 2.18. The lowest BCUT2D eigenvalue weighted by Crippen LogP contribution is -2.40. The van der Waals surface area contributed by atoms with E-state index in [0.29, 0.717) is 6.42 Å². The minimum atomic E-state index is -3.93. The van der Waals surface area contributed by atoms with Crippen molar-refractivity contribution in [3.63, 3.8) is 0 Å². The number of carbonyl (C=O) groups is 1. The zero-order valence-corrected chi connectivity index (χ0v) is 23.4. The monoisotopic (exact) mass is 554 g/mol. The van der Waals surface area contributed by atoms with Crippen LogP contribution in [-0.4, -0.2) is 40.3 Å². The maximum Gasteiger partial charge on any atom is 0.328 e. The van der Waals surface area contributed by atoms with Crippen LogP contribution in [0.3, 0.4) is 0 Å². The number of sulfonamides is 1. The van der Waals surface area contributed by atoms with Crippen molar-refractivity contribution >= 4 is 21.7 Å². The van der Waals surface area contributed by atoms with Crippen LogP contribution in [-0.2, 0) is 22.9 Å². The van der Waals surface area contributed by atoms with Crippen LogP contribution >= 0.6 is 0 Å². The summed E-state index contributed by atoms with van der Waals surface area (Å²) >= 11 is 0. The number of rotatable bonds is 8. The predicted octanol–water partition coefficient (Wildman–Crippen LogP) is 4.87. The predicted molar refractivity (Wildman–Crippen MR) is 154 cm³/mol. The standard InChI is InChI=1S/C30H30N6O3S/c1-4-26-28(36-19-27(23-14-16-31-17-15-23)33-21(3)29(36)34-26)24-9-7-22(8-10-24)13-18-32-30(37)35-40(38,39)25-11-5-20(2)6-12-25/h5-12,14-17,19H,4,13,18H2,1-3H3,(H2,32,35,37). The first kappa shape index (κ1) is 27.0. The molecule has 204 valence electrons. The van der Waals surface area contributed by atoms with E-state index in [1.807, 2.05) is 56.4 Å². The largest absolute Gasteiger partial charge is 0.337 e. The number of hydrogen-bond acceptors (Lipinski definition) is 6. The molecule has 0 unspecified atom stereocenters. The third-order valence-corrected chi connectivity index (χ3v) is 7.99. The minimum absolute atomic E-state index is 0.0431. The van der Waals surface area contributed by atoms with Crippen LogP contribution in [0.25, 0.3) is 28.2 Å². The molecule has 0 radical (unpaired) electrons. The van der Waals surface area contributed by atoms with Gasteiger partial charge in [0.2, 0.25) is 0 Å². The summed E-state index contributed by atoms with van der Waals surface area (Å²) in [4.78, 5) is 26.0. The van der Waals surface area contributed by atoms with Crippen molar-refractivity contribution in [2.75, 3.05) is 6.54 Å². The average molecular weight is 555 g/mol. The number of nitrogens with one attached hydrogen (secondary N) is 2. The Labute approximate surface area is 233 Å². The Morgan fingerprint density at radius 2 is 1.60 bits per heavy atom. The zero-order valence-electron chi connectivity index (χ0n) is 22.5. The van der Waals surface area contributed by atoms with E-state index in [1.165, 1.54) is 12.1 Å². The number of carbonyl (C=O) groups excluding carboxylic acids is 1. The topological polar surface area (TPSA) is 118 Å². The maximum atomic E-state index is 12.4. The molecule has 3 aromatic heterocycles. The van der Waals surface area contributed by atoms with Crippen molar-refractivity contribution in [2.24, 2.45) is 0 Å². The first-order valence-electron chi connectivity index (χ1n) is 13.0. The summed E-state index contributed by atoms with van der Waals surface area (Å²) in [7, 11) is -3.93. The van der Waals surface area contributed by atoms with Gasteiger partial charge < -0.3 is 5.32 Å². The van der Waals surface area contributed by atoms with Gasteiger partial charge in [-0.25, -0.2) is 27.9 Å². The van der Waals surface area contributed by atoms with Gasteiger partial charge >= 0.3 is 6.03 Å². The van der Waals surface area contributed by atoms with Gasteiger partial charge in [0, 0.05) is 36.3 Å². The molecule has 2 N–H and O–H groups in total. The highest BCUT2D eigenvalue weighted by Crippen LogP contribution is 2.29. The molecule has 0 atom stereocenters. The number of aromatic nitrogens is 4. The Hall–Kier alpha value is -4.57. The summed E-state index contributed by atoms with van der Waals surface area (Å²) in [5, 5.41) is 2.63. The van der Waals surface area contributed by atoms with Crippen LogP contribution in [0.15, 0.2) is 84.1 Å². The molecule has 10 heteroatoms. The van der Waals surface area contributed by atoms with Gasteiger partial charge in [-0.1, -0.05) is 48.9 Å². The normalized spacial score (nSPS) is 11.5. The molecule has 0 spiro atoms. The summed E-state index contributed by atoms with van der Waals surface area (Å²) in [6.07, 6.45) is 6.83. The number of benzene rings is 2. The van der Waals surface area contributed by atoms with Crippen LogP contribution in [0, 0.1) is 13.8 Å². The van der Waals surface area contributed by atoms with Gasteiger partial charge in [-0.05, 0) is 56.5 Å². The highest BCUT2D eigenvalue weighted by atomic mass is 32.2. The lowest BCUT2D eigenvalue weighted by Gasteiger charge is -2.10. The molecule has 2 amide bonds. The SMILES string of the molecule is CCc1nc2c(C)nc(-c3ccncc3)cn2c1-c1ccc(CCNC(=O)NS(=O)(=O)c2ccc(C)cc2)cc1. The Kier molecular flexibility index (Phi) is 7.61. The number of nitrogens with zero attached hydrogens (tertiary/aromatic N) is 4. The number of imidazole rings is 1. The van der Waals surface area contributed by atoms with E-state index in [4.69, 9.17) is 9.97 Å². The van der Waals surface area contributed by atoms with Crippen molar-refractivity contribution in [3.05, 3.63) is 102 Å². The number of hydrogen-bond donors (Lipinski definition) is 2. The molecule has 3 heterocycles.